The minimum atomic E-state index is -0.00578. The van der Waals surface area contributed by atoms with E-state index in [2.05, 4.69) is 24.5 Å². The molecule has 2 heterocycles. The first kappa shape index (κ1) is 13.1. The summed E-state index contributed by atoms with van der Waals surface area (Å²) in [5.74, 6) is 0.0433. The van der Waals surface area contributed by atoms with Gasteiger partial charge in [-0.15, -0.1) is 0 Å². The van der Waals surface area contributed by atoms with Crippen molar-refractivity contribution in [1.82, 2.24) is 10.2 Å². The lowest BCUT2D eigenvalue weighted by molar-refractivity contribution is -0.115. The average molecular weight is 273 g/mol. The first-order valence-electron chi connectivity index (χ1n) is 7.01. The van der Waals surface area contributed by atoms with Gasteiger partial charge in [0.05, 0.1) is 6.42 Å². The molecule has 5 nitrogen and oxygen atoms in total. The zero-order valence-electron chi connectivity index (χ0n) is 11.8. The maximum absolute atomic E-state index is 12.6. The van der Waals surface area contributed by atoms with Crippen LogP contribution in [0.2, 0.25) is 0 Å². The molecule has 2 atom stereocenters. The summed E-state index contributed by atoms with van der Waals surface area (Å²) in [4.78, 5) is 25.9. The topological polar surface area (TPSA) is 61.4 Å². The summed E-state index contributed by atoms with van der Waals surface area (Å²) in [5, 5.41) is 6.15. The predicted octanol–water partition coefficient (Wildman–Crippen LogP) is 1.00. The molecule has 0 radical (unpaired) electrons. The van der Waals surface area contributed by atoms with Crippen molar-refractivity contribution in [3.63, 3.8) is 0 Å². The zero-order chi connectivity index (χ0) is 14.3. The number of carbonyl (C=O) groups is 2. The number of anilines is 1. The highest BCUT2D eigenvalue weighted by Crippen LogP contribution is 2.25. The molecule has 1 saturated heterocycles. The summed E-state index contributed by atoms with van der Waals surface area (Å²) >= 11 is 0. The van der Waals surface area contributed by atoms with Crippen molar-refractivity contribution in [3.05, 3.63) is 29.3 Å². The largest absolute Gasteiger partial charge is 0.333 e. The normalized spacial score (nSPS) is 25.3. The lowest BCUT2D eigenvalue weighted by Gasteiger charge is -2.37. The van der Waals surface area contributed by atoms with E-state index >= 15 is 0 Å². The molecule has 5 heteroatoms. The van der Waals surface area contributed by atoms with Gasteiger partial charge in [-0.2, -0.15) is 0 Å². The lowest BCUT2D eigenvalue weighted by atomic mass is 10.0. The molecule has 1 fully saturated rings. The van der Waals surface area contributed by atoms with Crippen molar-refractivity contribution in [2.24, 2.45) is 0 Å². The van der Waals surface area contributed by atoms with Gasteiger partial charge in [0.15, 0.2) is 0 Å². The van der Waals surface area contributed by atoms with Crippen LogP contribution in [0.5, 0.6) is 0 Å². The van der Waals surface area contributed by atoms with E-state index in [1.807, 2.05) is 17.0 Å². The van der Waals surface area contributed by atoms with Gasteiger partial charge >= 0.3 is 0 Å². The Morgan fingerprint density at radius 2 is 2.15 bits per heavy atom. The fourth-order valence-corrected chi connectivity index (χ4v) is 2.83. The first-order valence-corrected chi connectivity index (χ1v) is 7.01. The third-order valence-corrected chi connectivity index (χ3v) is 4.00. The van der Waals surface area contributed by atoms with E-state index in [1.54, 1.807) is 6.07 Å². The van der Waals surface area contributed by atoms with Crippen LogP contribution in [0.3, 0.4) is 0 Å². The Kier molecular flexibility index (Phi) is 3.22. The lowest BCUT2D eigenvalue weighted by Crippen LogP contribution is -2.56. The van der Waals surface area contributed by atoms with Gasteiger partial charge in [-0.05, 0) is 37.6 Å². The van der Waals surface area contributed by atoms with E-state index < -0.39 is 0 Å². The molecular formula is C15H19N3O2. The van der Waals surface area contributed by atoms with Crippen molar-refractivity contribution in [1.29, 1.82) is 0 Å². The molecule has 0 saturated carbocycles. The number of amides is 2. The summed E-state index contributed by atoms with van der Waals surface area (Å²) in [6.07, 6.45) is 0.365. The Balaban J connectivity index is 1.84. The van der Waals surface area contributed by atoms with Crippen LogP contribution in [0.15, 0.2) is 18.2 Å². The predicted molar refractivity (Wildman–Crippen MR) is 76.7 cm³/mol. The van der Waals surface area contributed by atoms with Gasteiger partial charge in [0.25, 0.3) is 5.91 Å². The van der Waals surface area contributed by atoms with E-state index in [4.69, 9.17) is 0 Å². The molecule has 2 aliphatic heterocycles. The van der Waals surface area contributed by atoms with Crippen LogP contribution >= 0.6 is 0 Å². The molecule has 0 aromatic heterocycles. The van der Waals surface area contributed by atoms with Crippen LogP contribution in [0, 0.1) is 0 Å². The van der Waals surface area contributed by atoms with Crippen LogP contribution < -0.4 is 10.6 Å². The van der Waals surface area contributed by atoms with Gasteiger partial charge in [-0.3, -0.25) is 9.59 Å². The number of benzene rings is 1. The van der Waals surface area contributed by atoms with Gasteiger partial charge in [-0.25, -0.2) is 0 Å². The van der Waals surface area contributed by atoms with Gasteiger partial charge in [0, 0.05) is 36.4 Å². The van der Waals surface area contributed by atoms with Crippen LogP contribution in [-0.2, 0) is 11.2 Å². The monoisotopic (exact) mass is 273 g/mol. The van der Waals surface area contributed by atoms with E-state index in [-0.39, 0.29) is 17.9 Å². The van der Waals surface area contributed by atoms with E-state index in [0.717, 1.165) is 17.8 Å². The minimum absolute atomic E-state index is 0.00578. The highest BCUT2D eigenvalue weighted by atomic mass is 16.2. The van der Waals surface area contributed by atoms with Crippen LogP contribution in [0.1, 0.15) is 29.8 Å². The van der Waals surface area contributed by atoms with Gasteiger partial charge in [-0.1, -0.05) is 0 Å². The van der Waals surface area contributed by atoms with Crippen molar-refractivity contribution in [2.45, 2.75) is 32.4 Å². The SMILES string of the molecule is CC1CN(C(=O)c2ccc3c(c2)CC(=O)N3)C(C)CN1. The molecule has 2 N–H and O–H groups in total. The van der Waals surface area contributed by atoms with Gasteiger partial charge < -0.3 is 15.5 Å². The molecule has 2 aliphatic rings. The fourth-order valence-electron chi connectivity index (χ4n) is 2.83. The molecular weight excluding hydrogens is 254 g/mol. The first-order chi connectivity index (χ1) is 9.54. The molecule has 3 rings (SSSR count). The van der Waals surface area contributed by atoms with Crippen LogP contribution in [0.25, 0.3) is 0 Å². The van der Waals surface area contributed by atoms with Gasteiger partial charge in [0.2, 0.25) is 5.91 Å². The van der Waals surface area contributed by atoms with E-state index in [0.29, 0.717) is 24.6 Å². The Bertz CT molecular complexity index is 570. The highest BCUT2D eigenvalue weighted by molar-refractivity contribution is 6.01. The number of hydrogen-bond acceptors (Lipinski definition) is 3. The second-order valence-electron chi connectivity index (χ2n) is 5.71. The Morgan fingerprint density at radius 3 is 2.95 bits per heavy atom. The quantitative estimate of drug-likeness (QED) is 0.802. The summed E-state index contributed by atoms with van der Waals surface area (Å²) < 4.78 is 0. The summed E-state index contributed by atoms with van der Waals surface area (Å²) in [6.45, 7) is 5.67. The molecule has 2 unspecified atom stereocenters. The maximum Gasteiger partial charge on any atom is 0.254 e. The third kappa shape index (κ3) is 2.29. The number of nitrogens with one attached hydrogen (secondary N) is 2. The maximum atomic E-state index is 12.6. The Hall–Kier alpha value is -1.88. The molecule has 0 aliphatic carbocycles. The molecule has 1 aromatic carbocycles. The number of carbonyl (C=O) groups excluding carboxylic acids is 2. The van der Waals surface area contributed by atoms with Crippen LogP contribution in [0.4, 0.5) is 5.69 Å². The third-order valence-electron chi connectivity index (χ3n) is 4.00. The van der Waals surface area contributed by atoms with Crippen molar-refractivity contribution in [3.8, 4) is 0 Å². The number of nitrogens with zero attached hydrogens (tertiary/aromatic N) is 1. The molecule has 1 aromatic rings. The van der Waals surface area contributed by atoms with Crippen molar-refractivity contribution < 1.29 is 9.59 Å². The van der Waals surface area contributed by atoms with Crippen LogP contribution in [-0.4, -0.2) is 41.9 Å². The van der Waals surface area contributed by atoms with Gasteiger partial charge in [0.1, 0.15) is 0 Å². The molecule has 2 amide bonds. The van der Waals surface area contributed by atoms with Crippen molar-refractivity contribution >= 4 is 17.5 Å². The second-order valence-corrected chi connectivity index (χ2v) is 5.71. The summed E-state index contributed by atoms with van der Waals surface area (Å²) in [7, 11) is 0. The zero-order valence-corrected chi connectivity index (χ0v) is 11.8. The summed E-state index contributed by atoms with van der Waals surface area (Å²) in [5.41, 5.74) is 2.41. The number of rotatable bonds is 1. The number of piperazine rings is 1. The Morgan fingerprint density at radius 1 is 1.35 bits per heavy atom. The smallest absolute Gasteiger partial charge is 0.254 e. The number of fused-ring (bicyclic) bond motifs is 1. The minimum Gasteiger partial charge on any atom is -0.333 e. The van der Waals surface area contributed by atoms with E-state index in [9.17, 15) is 9.59 Å². The van der Waals surface area contributed by atoms with E-state index in [1.165, 1.54) is 0 Å². The molecule has 20 heavy (non-hydrogen) atoms. The second kappa shape index (κ2) is 4.90. The molecule has 106 valence electrons. The fraction of sp³-hybridized carbons (Fsp3) is 0.467. The molecule has 0 spiro atoms. The van der Waals surface area contributed by atoms with Crippen molar-refractivity contribution in [2.75, 3.05) is 18.4 Å². The Labute approximate surface area is 118 Å². The highest BCUT2D eigenvalue weighted by Gasteiger charge is 2.28. The standard InChI is InChI=1S/C15H19N3O2/c1-9-8-18(10(2)7-16-9)15(20)11-3-4-13-12(5-11)6-14(19)17-13/h3-5,9-10,16H,6-8H2,1-2H3,(H,17,19). The molecule has 0 bridgehead atoms. The summed E-state index contributed by atoms with van der Waals surface area (Å²) in [6, 6.07) is 5.96. The average Bonchev–Trinajstić information content (AvgIpc) is 2.79. The number of hydrogen-bond donors (Lipinski definition) is 2.